The van der Waals surface area contributed by atoms with E-state index >= 15 is 0 Å². The van der Waals surface area contributed by atoms with Gasteiger partial charge in [0.15, 0.2) is 10.7 Å². The minimum absolute atomic E-state index is 0.157. The maximum Gasteiger partial charge on any atom is 0.417 e. The summed E-state index contributed by atoms with van der Waals surface area (Å²) in [6.45, 7) is 1.43. The Bertz CT molecular complexity index is 815. The second kappa shape index (κ2) is 4.36. The van der Waals surface area contributed by atoms with Gasteiger partial charge >= 0.3 is 5.76 Å². The van der Waals surface area contributed by atoms with Gasteiger partial charge in [-0.15, -0.1) is 11.3 Å². The number of hydrogen-bond donors (Lipinski definition) is 2. The van der Waals surface area contributed by atoms with Crippen LogP contribution in [-0.2, 0) is 4.79 Å². The van der Waals surface area contributed by atoms with E-state index in [0.29, 0.717) is 16.2 Å². The van der Waals surface area contributed by atoms with E-state index < -0.39 is 5.76 Å². The fourth-order valence-corrected chi connectivity index (χ4v) is 2.49. The molecule has 2 aromatic heterocycles. The Morgan fingerprint density at radius 1 is 1.47 bits per heavy atom. The van der Waals surface area contributed by atoms with Crippen molar-refractivity contribution < 1.29 is 9.21 Å². The molecule has 6 nitrogen and oxygen atoms in total. The molecule has 0 spiro atoms. The molecule has 0 fully saturated rings. The van der Waals surface area contributed by atoms with Gasteiger partial charge in [-0.1, -0.05) is 0 Å². The number of carbonyl (C=O) groups excluding carboxylic acids is 1. The molecule has 3 aromatic rings. The molecule has 0 saturated heterocycles. The molecule has 0 aliphatic rings. The van der Waals surface area contributed by atoms with Crippen LogP contribution in [0.25, 0.3) is 22.4 Å². The monoisotopic (exact) mass is 275 g/mol. The van der Waals surface area contributed by atoms with E-state index in [1.807, 2.05) is 11.4 Å². The molecule has 0 aliphatic carbocycles. The van der Waals surface area contributed by atoms with Gasteiger partial charge < -0.3 is 9.73 Å². The molecule has 1 aromatic carbocycles. The van der Waals surface area contributed by atoms with Crippen LogP contribution in [0, 0.1) is 0 Å². The summed E-state index contributed by atoms with van der Waals surface area (Å²) >= 11 is 1.34. The van der Waals surface area contributed by atoms with E-state index in [2.05, 4.69) is 15.3 Å². The first-order valence-electron chi connectivity index (χ1n) is 5.48. The van der Waals surface area contributed by atoms with Crippen LogP contribution in [0.15, 0.2) is 32.8 Å². The third-order valence-electron chi connectivity index (χ3n) is 2.50. The average Bonchev–Trinajstić information content (AvgIpc) is 2.92. The van der Waals surface area contributed by atoms with Gasteiger partial charge in [0.2, 0.25) is 5.91 Å². The Kier molecular flexibility index (Phi) is 2.68. The van der Waals surface area contributed by atoms with Crippen molar-refractivity contribution in [3.05, 3.63) is 34.1 Å². The van der Waals surface area contributed by atoms with E-state index in [-0.39, 0.29) is 5.91 Å². The predicted octanol–water partition coefficient (Wildman–Crippen LogP) is 2.20. The van der Waals surface area contributed by atoms with Gasteiger partial charge in [-0.25, -0.2) is 9.78 Å². The number of carbonyl (C=O) groups is 1. The molecular weight excluding hydrogens is 266 g/mol. The summed E-state index contributed by atoms with van der Waals surface area (Å²) in [6, 6.07) is 5.30. The van der Waals surface area contributed by atoms with Crippen molar-refractivity contribution in [2.24, 2.45) is 0 Å². The molecule has 0 atom stereocenters. The van der Waals surface area contributed by atoms with Crippen molar-refractivity contribution in [2.75, 3.05) is 5.32 Å². The standard InChI is InChI=1S/C12H9N3O3S/c1-6(16)13-11-14-9(5-19-11)7-2-3-10-8(4-7)15-12(17)18-10/h2-5H,1H3,(H,15,17)(H,13,14,16). The molecule has 96 valence electrons. The lowest BCUT2D eigenvalue weighted by molar-refractivity contribution is -0.114. The molecule has 19 heavy (non-hydrogen) atoms. The van der Waals surface area contributed by atoms with Gasteiger partial charge in [0.05, 0.1) is 11.2 Å². The lowest BCUT2D eigenvalue weighted by Crippen LogP contribution is -2.04. The zero-order valence-corrected chi connectivity index (χ0v) is 10.7. The van der Waals surface area contributed by atoms with Crippen molar-refractivity contribution in [3.8, 4) is 11.3 Å². The van der Waals surface area contributed by atoms with Gasteiger partial charge in [-0.3, -0.25) is 9.78 Å². The summed E-state index contributed by atoms with van der Waals surface area (Å²) in [5.74, 6) is -0.639. The molecule has 2 heterocycles. The van der Waals surface area contributed by atoms with Crippen molar-refractivity contribution in [2.45, 2.75) is 6.92 Å². The van der Waals surface area contributed by atoms with Crippen LogP contribution in [0.3, 0.4) is 0 Å². The van der Waals surface area contributed by atoms with Gasteiger partial charge in [0.1, 0.15) is 0 Å². The Morgan fingerprint density at radius 3 is 3.11 bits per heavy atom. The van der Waals surface area contributed by atoms with Crippen molar-refractivity contribution in [1.82, 2.24) is 9.97 Å². The maximum absolute atomic E-state index is 11.1. The number of nitrogens with zero attached hydrogens (tertiary/aromatic N) is 1. The average molecular weight is 275 g/mol. The van der Waals surface area contributed by atoms with Crippen LogP contribution in [0.2, 0.25) is 0 Å². The number of hydrogen-bond acceptors (Lipinski definition) is 5. The van der Waals surface area contributed by atoms with E-state index in [1.54, 1.807) is 12.1 Å². The van der Waals surface area contributed by atoms with E-state index in [4.69, 9.17) is 4.42 Å². The van der Waals surface area contributed by atoms with Crippen LogP contribution >= 0.6 is 11.3 Å². The first-order chi connectivity index (χ1) is 9.11. The molecule has 0 saturated carbocycles. The van der Waals surface area contributed by atoms with Crippen LogP contribution in [0.1, 0.15) is 6.92 Å². The number of rotatable bonds is 2. The number of nitrogens with one attached hydrogen (secondary N) is 2. The zero-order valence-electron chi connectivity index (χ0n) is 9.89. The first-order valence-corrected chi connectivity index (χ1v) is 6.36. The summed E-state index contributed by atoms with van der Waals surface area (Å²) in [4.78, 5) is 28.9. The number of amides is 1. The number of H-pyrrole nitrogens is 1. The van der Waals surface area contributed by atoms with Crippen molar-refractivity contribution in [3.63, 3.8) is 0 Å². The number of aromatic nitrogens is 2. The second-order valence-corrected chi connectivity index (χ2v) is 4.80. The van der Waals surface area contributed by atoms with Crippen LogP contribution < -0.4 is 11.1 Å². The van der Waals surface area contributed by atoms with Crippen LogP contribution in [-0.4, -0.2) is 15.9 Å². The summed E-state index contributed by atoms with van der Waals surface area (Å²) in [7, 11) is 0. The van der Waals surface area contributed by atoms with Gasteiger partial charge in [-0.05, 0) is 18.2 Å². The lowest BCUT2D eigenvalue weighted by atomic mass is 10.1. The fourth-order valence-electron chi connectivity index (χ4n) is 1.73. The smallest absolute Gasteiger partial charge is 0.408 e. The molecule has 7 heteroatoms. The largest absolute Gasteiger partial charge is 0.417 e. The quantitative estimate of drug-likeness (QED) is 0.750. The summed E-state index contributed by atoms with van der Waals surface area (Å²) < 4.78 is 4.93. The minimum atomic E-state index is -0.482. The number of benzene rings is 1. The lowest BCUT2D eigenvalue weighted by Gasteiger charge is -1.96. The highest BCUT2D eigenvalue weighted by atomic mass is 32.1. The molecule has 0 radical (unpaired) electrons. The summed E-state index contributed by atoms with van der Waals surface area (Å²) in [5.41, 5.74) is 2.71. The SMILES string of the molecule is CC(=O)Nc1nc(-c2ccc3oc(=O)[nH]c3c2)cs1. The summed E-state index contributed by atoms with van der Waals surface area (Å²) in [6.07, 6.45) is 0. The van der Waals surface area contributed by atoms with E-state index in [1.165, 1.54) is 18.3 Å². The number of thiazole rings is 1. The van der Waals surface area contributed by atoms with Crippen LogP contribution in [0.5, 0.6) is 0 Å². The second-order valence-electron chi connectivity index (χ2n) is 3.94. The number of anilines is 1. The Morgan fingerprint density at radius 2 is 2.32 bits per heavy atom. The minimum Gasteiger partial charge on any atom is -0.408 e. The highest BCUT2D eigenvalue weighted by Gasteiger charge is 2.08. The molecule has 3 rings (SSSR count). The predicted molar refractivity (Wildman–Crippen MR) is 72.2 cm³/mol. The van der Waals surface area contributed by atoms with Crippen molar-refractivity contribution >= 4 is 33.5 Å². The van der Waals surface area contributed by atoms with E-state index in [0.717, 1.165) is 11.3 Å². The molecule has 0 unspecified atom stereocenters. The first kappa shape index (κ1) is 11.7. The van der Waals surface area contributed by atoms with E-state index in [9.17, 15) is 9.59 Å². The molecule has 0 aliphatic heterocycles. The highest BCUT2D eigenvalue weighted by molar-refractivity contribution is 7.14. The van der Waals surface area contributed by atoms with Crippen molar-refractivity contribution in [1.29, 1.82) is 0 Å². The number of oxazole rings is 1. The normalized spacial score (nSPS) is 10.8. The topological polar surface area (TPSA) is 88.0 Å². The third-order valence-corrected chi connectivity index (χ3v) is 3.26. The number of aromatic amines is 1. The molecule has 2 N–H and O–H groups in total. The number of fused-ring (bicyclic) bond motifs is 1. The van der Waals surface area contributed by atoms with Crippen LogP contribution in [0.4, 0.5) is 5.13 Å². The molecule has 0 bridgehead atoms. The zero-order chi connectivity index (χ0) is 13.4. The Balaban J connectivity index is 2.01. The maximum atomic E-state index is 11.1. The third kappa shape index (κ3) is 2.27. The molecular formula is C12H9N3O3S. The Hall–Kier alpha value is -2.41. The fraction of sp³-hybridized carbons (Fsp3) is 0.0833. The Labute approximate surface area is 111 Å². The van der Waals surface area contributed by atoms with Gasteiger partial charge in [0.25, 0.3) is 0 Å². The molecule has 1 amide bonds. The van der Waals surface area contributed by atoms with Gasteiger partial charge in [0, 0.05) is 17.9 Å². The summed E-state index contributed by atoms with van der Waals surface area (Å²) in [5, 5.41) is 5.01. The highest BCUT2D eigenvalue weighted by Crippen LogP contribution is 2.26. The van der Waals surface area contributed by atoms with Gasteiger partial charge in [-0.2, -0.15) is 0 Å².